The van der Waals surface area contributed by atoms with Crippen LogP contribution < -0.4 is 10.6 Å². The number of piperidine rings is 1. The van der Waals surface area contributed by atoms with Crippen molar-refractivity contribution in [2.45, 2.75) is 71.6 Å². The topological polar surface area (TPSA) is 59.9 Å². The first-order valence-electron chi connectivity index (χ1n) is 11.1. The van der Waals surface area contributed by atoms with E-state index >= 15 is 0 Å². The summed E-state index contributed by atoms with van der Waals surface area (Å²) in [7, 11) is 0. The summed E-state index contributed by atoms with van der Waals surface area (Å²) in [4.78, 5) is 7.52. The van der Waals surface area contributed by atoms with Crippen LogP contribution in [0.1, 0.15) is 71.6 Å². The van der Waals surface area contributed by atoms with Crippen molar-refractivity contribution >= 4 is 5.96 Å². The number of nitrogens with one attached hydrogen (secondary N) is 2. The Kier molecular flexibility index (Phi) is 9.76. The summed E-state index contributed by atoms with van der Waals surface area (Å²) in [5, 5.41) is 16.5. The summed E-state index contributed by atoms with van der Waals surface area (Å²) >= 11 is 0. The highest BCUT2D eigenvalue weighted by Gasteiger charge is 2.31. The van der Waals surface area contributed by atoms with Crippen LogP contribution in [0.15, 0.2) is 4.99 Å². The van der Waals surface area contributed by atoms with Crippen molar-refractivity contribution in [3.63, 3.8) is 0 Å². The Balaban J connectivity index is 1.82. The third kappa shape index (κ3) is 7.07. The molecular formula is C21H42N4O. The number of hydrogen-bond acceptors (Lipinski definition) is 3. The van der Waals surface area contributed by atoms with E-state index in [1.807, 2.05) is 0 Å². The molecular weight excluding hydrogens is 324 g/mol. The van der Waals surface area contributed by atoms with Gasteiger partial charge >= 0.3 is 0 Å². The van der Waals surface area contributed by atoms with Gasteiger partial charge in [0.15, 0.2) is 5.96 Å². The predicted molar refractivity (Wildman–Crippen MR) is 111 cm³/mol. The van der Waals surface area contributed by atoms with Crippen molar-refractivity contribution in [1.82, 2.24) is 15.5 Å². The second-order valence-electron chi connectivity index (χ2n) is 8.40. The first-order chi connectivity index (χ1) is 12.7. The van der Waals surface area contributed by atoms with E-state index < -0.39 is 0 Å². The fraction of sp³-hybridized carbons (Fsp3) is 0.952. The molecule has 1 saturated carbocycles. The Morgan fingerprint density at radius 1 is 1.12 bits per heavy atom. The molecule has 2 aliphatic rings. The Bertz CT molecular complexity index is 393. The number of aliphatic hydroxyl groups is 1. The molecule has 0 unspecified atom stereocenters. The van der Waals surface area contributed by atoms with Gasteiger partial charge in [-0.2, -0.15) is 0 Å². The smallest absolute Gasteiger partial charge is 0.191 e. The Hall–Kier alpha value is -0.810. The van der Waals surface area contributed by atoms with Gasteiger partial charge in [0.05, 0.1) is 0 Å². The maximum atomic E-state index is 9.50. The number of nitrogens with zero attached hydrogens (tertiary/aromatic N) is 2. The van der Waals surface area contributed by atoms with Crippen LogP contribution in [0, 0.1) is 11.3 Å². The van der Waals surface area contributed by atoms with E-state index in [1.165, 1.54) is 71.0 Å². The van der Waals surface area contributed by atoms with Crippen LogP contribution >= 0.6 is 0 Å². The number of aliphatic hydroxyl groups excluding tert-OH is 1. The van der Waals surface area contributed by atoms with Gasteiger partial charge in [-0.25, -0.2) is 0 Å². The van der Waals surface area contributed by atoms with E-state index in [0.717, 1.165) is 37.9 Å². The summed E-state index contributed by atoms with van der Waals surface area (Å²) in [6.07, 6.45) is 11.1. The normalized spacial score (nSPS) is 22.3. The molecule has 5 heteroatoms. The molecule has 2 rings (SSSR count). The third-order valence-electron chi connectivity index (χ3n) is 6.28. The van der Waals surface area contributed by atoms with Crippen molar-refractivity contribution in [2.75, 3.05) is 45.9 Å². The standard InChI is InChI=1S/C21H42N4O/c1-3-13-25-14-8-19(9-15-25)17-23-20(22-4-2)24-18-21(12-16-26)10-6-5-7-11-21/h19,26H,3-18H2,1-2H3,(H2,22,23,24). The van der Waals surface area contributed by atoms with E-state index in [-0.39, 0.29) is 12.0 Å². The molecule has 0 atom stereocenters. The number of guanidine groups is 1. The highest BCUT2D eigenvalue weighted by atomic mass is 16.3. The van der Waals surface area contributed by atoms with Crippen molar-refractivity contribution in [1.29, 1.82) is 0 Å². The summed E-state index contributed by atoms with van der Waals surface area (Å²) in [6.45, 7) is 11.2. The Morgan fingerprint density at radius 3 is 2.46 bits per heavy atom. The van der Waals surface area contributed by atoms with Crippen molar-refractivity contribution in [2.24, 2.45) is 16.3 Å². The van der Waals surface area contributed by atoms with Gasteiger partial charge in [-0.05, 0) is 76.4 Å². The Labute approximate surface area is 161 Å². The van der Waals surface area contributed by atoms with Crippen LogP contribution in [0.5, 0.6) is 0 Å². The van der Waals surface area contributed by atoms with Gasteiger partial charge in [0.25, 0.3) is 0 Å². The lowest BCUT2D eigenvalue weighted by Crippen LogP contribution is -2.43. The van der Waals surface area contributed by atoms with Crippen molar-refractivity contribution in [3.05, 3.63) is 0 Å². The number of aliphatic imine (C=N–C) groups is 1. The summed E-state index contributed by atoms with van der Waals surface area (Å²) in [5.41, 5.74) is 0.223. The second kappa shape index (κ2) is 11.8. The van der Waals surface area contributed by atoms with E-state index in [0.29, 0.717) is 0 Å². The Morgan fingerprint density at radius 2 is 1.85 bits per heavy atom. The number of hydrogen-bond donors (Lipinski definition) is 3. The first-order valence-corrected chi connectivity index (χ1v) is 11.1. The van der Waals surface area contributed by atoms with E-state index in [2.05, 4.69) is 29.4 Å². The van der Waals surface area contributed by atoms with Gasteiger partial charge in [0, 0.05) is 26.2 Å². The van der Waals surface area contributed by atoms with Crippen molar-refractivity contribution < 1.29 is 5.11 Å². The molecule has 152 valence electrons. The molecule has 0 amide bonds. The summed E-state index contributed by atoms with van der Waals surface area (Å²) in [5.74, 6) is 1.72. The lowest BCUT2D eigenvalue weighted by atomic mass is 9.72. The molecule has 0 radical (unpaired) electrons. The molecule has 1 heterocycles. The van der Waals surface area contributed by atoms with Gasteiger partial charge in [-0.1, -0.05) is 26.2 Å². The van der Waals surface area contributed by atoms with E-state index in [1.54, 1.807) is 0 Å². The summed E-state index contributed by atoms with van der Waals surface area (Å²) in [6, 6.07) is 0. The molecule has 0 aromatic carbocycles. The minimum Gasteiger partial charge on any atom is -0.396 e. The van der Waals surface area contributed by atoms with Crippen LogP contribution in [0.25, 0.3) is 0 Å². The number of likely N-dealkylation sites (tertiary alicyclic amines) is 1. The average molecular weight is 367 g/mol. The lowest BCUT2D eigenvalue weighted by molar-refractivity contribution is 0.137. The minimum atomic E-state index is 0.223. The van der Waals surface area contributed by atoms with Crippen LogP contribution in [0.4, 0.5) is 0 Å². The molecule has 1 aliphatic heterocycles. The SMILES string of the molecule is CCCN1CCC(CNC(=NCC2(CCO)CCCCC2)NCC)CC1. The van der Waals surface area contributed by atoms with Gasteiger partial charge in [-0.3, -0.25) is 4.99 Å². The van der Waals surface area contributed by atoms with Crippen molar-refractivity contribution in [3.8, 4) is 0 Å². The highest BCUT2D eigenvalue weighted by molar-refractivity contribution is 5.79. The molecule has 1 aliphatic carbocycles. The average Bonchev–Trinajstić information content (AvgIpc) is 2.66. The largest absolute Gasteiger partial charge is 0.396 e. The zero-order chi connectivity index (χ0) is 18.7. The first kappa shape index (κ1) is 21.5. The van der Waals surface area contributed by atoms with E-state index in [9.17, 15) is 5.11 Å². The molecule has 0 aromatic heterocycles. The molecule has 0 spiro atoms. The highest BCUT2D eigenvalue weighted by Crippen LogP contribution is 2.39. The van der Waals surface area contributed by atoms with Crippen LogP contribution in [0.3, 0.4) is 0 Å². The maximum absolute atomic E-state index is 9.50. The zero-order valence-electron chi connectivity index (χ0n) is 17.2. The predicted octanol–water partition coefficient (Wildman–Crippen LogP) is 3.00. The molecule has 2 fully saturated rings. The summed E-state index contributed by atoms with van der Waals surface area (Å²) < 4.78 is 0. The molecule has 0 aromatic rings. The zero-order valence-corrected chi connectivity index (χ0v) is 17.2. The number of rotatable bonds is 9. The van der Waals surface area contributed by atoms with Crippen LogP contribution in [-0.2, 0) is 0 Å². The van der Waals surface area contributed by atoms with Crippen LogP contribution in [0.2, 0.25) is 0 Å². The molecule has 0 bridgehead atoms. The molecule has 3 N–H and O–H groups in total. The second-order valence-corrected chi connectivity index (χ2v) is 8.40. The quantitative estimate of drug-likeness (QED) is 0.434. The van der Waals surface area contributed by atoms with Crippen LogP contribution in [-0.4, -0.2) is 61.8 Å². The molecule has 1 saturated heterocycles. The molecule has 5 nitrogen and oxygen atoms in total. The van der Waals surface area contributed by atoms with Gasteiger partial charge in [0.1, 0.15) is 0 Å². The lowest BCUT2D eigenvalue weighted by Gasteiger charge is -2.36. The third-order valence-corrected chi connectivity index (χ3v) is 6.28. The fourth-order valence-corrected chi connectivity index (χ4v) is 4.59. The molecule has 26 heavy (non-hydrogen) atoms. The maximum Gasteiger partial charge on any atom is 0.191 e. The minimum absolute atomic E-state index is 0.223. The van der Waals surface area contributed by atoms with E-state index in [4.69, 9.17) is 4.99 Å². The van der Waals surface area contributed by atoms with Gasteiger partial charge < -0.3 is 20.6 Å². The fourth-order valence-electron chi connectivity index (χ4n) is 4.59. The van der Waals surface area contributed by atoms with Gasteiger partial charge in [-0.15, -0.1) is 0 Å². The monoisotopic (exact) mass is 366 g/mol. The van der Waals surface area contributed by atoms with Gasteiger partial charge in [0.2, 0.25) is 0 Å².